The molecule has 0 spiro atoms. The van der Waals surface area contributed by atoms with E-state index in [1.807, 2.05) is 6.07 Å². The van der Waals surface area contributed by atoms with Crippen molar-refractivity contribution in [2.75, 3.05) is 5.32 Å². The molecule has 146 valence electrons. The third-order valence-corrected chi connectivity index (χ3v) is 5.34. The summed E-state index contributed by atoms with van der Waals surface area (Å²) in [4.78, 5) is 11.3. The van der Waals surface area contributed by atoms with Crippen LogP contribution in [0.3, 0.4) is 0 Å². The smallest absolute Gasteiger partial charge is 0.221 e. The van der Waals surface area contributed by atoms with Crippen LogP contribution in [0.2, 0.25) is 0 Å². The molecule has 2 unspecified atom stereocenters. The third kappa shape index (κ3) is 6.37. The summed E-state index contributed by atoms with van der Waals surface area (Å²) in [5, 5.41) is 6.79. The first kappa shape index (κ1) is 21.5. The minimum atomic E-state index is -0.0117. The van der Waals surface area contributed by atoms with Gasteiger partial charge >= 0.3 is 0 Å². The van der Waals surface area contributed by atoms with Crippen LogP contribution in [0.1, 0.15) is 49.8 Å². The van der Waals surface area contributed by atoms with Crippen LogP contribution in [0, 0.1) is 0 Å². The van der Waals surface area contributed by atoms with Crippen molar-refractivity contribution in [1.29, 1.82) is 0 Å². The van der Waals surface area contributed by atoms with Gasteiger partial charge in [0.1, 0.15) is 0 Å². The van der Waals surface area contributed by atoms with Crippen molar-refractivity contribution in [1.82, 2.24) is 5.32 Å². The molecule has 0 radical (unpaired) electrons. The molecule has 0 heterocycles. The van der Waals surface area contributed by atoms with Gasteiger partial charge in [-0.05, 0) is 67.3 Å². The van der Waals surface area contributed by atoms with E-state index < -0.39 is 0 Å². The van der Waals surface area contributed by atoms with Gasteiger partial charge in [-0.25, -0.2) is 0 Å². The van der Waals surface area contributed by atoms with Crippen LogP contribution in [0.15, 0.2) is 48.5 Å². The number of aryl methyl sites for hydroxylation is 2. The number of nitrogens with one attached hydrogen (secondary N) is 2. The van der Waals surface area contributed by atoms with Crippen molar-refractivity contribution >= 4 is 24.0 Å². The van der Waals surface area contributed by atoms with Gasteiger partial charge in [0, 0.05) is 24.7 Å². The Morgan fingerprint density at radius 1 is 1.15 bits per heavy atom. The Bertz CT molecular complexity index is 732. The molecule has 1 aliphatic rings. The Labute approximate surface area is 169 Å². The lowest BCUT2D eigenvalue weighted by Crippen LogP contribution is -2.41. The van der Waals surface area contributed by atoms with Crippen LogP contribution in [0.25, 0.3) is 0 Å². The maximum absolute atomic E-state index is 11.3. The molecule has 3 rings (SSSR count). The molecule has 2 N–H and O–H groups in total. The van der Waals surface area contributed by atoms with Gasteiger partial charge in [-0.2, -0.15) is 0 Å². The second-order valence-corrected chi connectivity index (χ2v) is 7.40. The summed E-state index contributed by atoms with van der Waals surface area (Å²) in [6, 6.07) is 18.2. The van der Waals surface area contributed by atoms with Crippen LogP contribution in [0.5, 0.6) is 0 Å². The van der Waals surface area contributed by atoms with Gasteiger partial charge in [0.2, 0.25) is 5.91 Å². The summed E-state index contributed by atoms with van der Waals surface area (Å²) in [6.07, 6.45) is 6.81. The second kappa shape index (κ2) is 10.5. The van der Waals surface area contributed by atoms with Crippen molar-refractivity contribution in [3.05, 3.63) is 65.2 Å². The fourth-order valence-electron chi connectivity index (χ4n) is 3.90. The zero-order valence-electron chi connectivity index (χ0n) is 16.3. The molecule has 27 heavy (non-hydrogen) atoms. The van der Waals surface area contributed by atoms with Gasteiger partial charge in [-0.3, -0.25) is 4.79 Å². The summed E-state index contributed by atoms with van der Waals surface area (Å²) in [5.41, 5.74) is 5.13. The Hall–Kier alpha value is -1.84. The van der Waals surface area contributed by atoms with E-state index in [2.05, 4.69) is 60.0 Å². The van der Waals surface area contributed by atoms with Crippen LogP contribution in [-0.2, 0) is 24.1 Å². The molecule has 2 atom stereocenters. The Balaban J connectivity index is 0.00000261. The first-order valence-electron chi connectivity index (χ1n) is 9.83. The standard InChI is InChI=1S/C23H30N2O.ClH/c1-3-21(12-9-18-7-5-4-6-8-18)25-23-14-11-19-10-13-22(24-17(2)26)15-20(19)16-23;/h4-8,10,13,15,21,23,25H,3,9,11-12,14,16H2,1-2H3,(H,24,26);1H. The number of rotatable bonds is 7. The minimum absolute atomic E-state index is 0. The van der Waals surface area contributed by atoms with E-state index in [0.717, 1.165) is 31.4 Å². The predicted molar refractivity (Wildman–Crippen MR) is 116 cm³/mol. The van der Waals surface area contributed by atoms with Gasteiger partial charge < -0.3 is 10.6 Å². The van der Waals surface area contributed by atoms with E-state index in [1.165, 1.54) is 29.5 Å². The predicted octanol–water partition coefficient (Wildman–Crippen LogP) is 4.93. The van der Waals surface area contributed by atoms with Crippen LogP contribution >= 0.6 is 12.4 Å². The fraction of sp³-hybridized carbons (Fsp3) is 0.435. The highest BCUT2D eigenvalue weighted by Gasteiger charge is 2.21. The lowest BCUT2D eigenvalue weighted by atomic mass is 9.87. The number of amides is 1. The molecule has 0 saturated carbocycles. The van der Waals surface area contributed by atoms with E-state index in [0.29, 0.717) is 12.1 Å². The fourth-order valence-corrected chi connectivity index (χ4v) is 3.90. The number of halogens is 1. The quantitative estimate of drug-likeness (QED) is 0.708. The number of hydrogen-bond acceptors (Lipinski definition) is 2. The van der Waals surface area contributed by atoms with Crippen molar-refractivity contribution < 1.29 is 4.79 Å². The van der Waals surface area contributed by atoms with Crippen molar-refractivity contribution in [2.45, 2.75) is 64.5 Å². The molecule has 0 aliphatic heterocycles. The summed E-state index contributed by atoms with van der Waals surface area (Å²) in [5.74, 6) is -0.0117. The maximum Gasteiger partial charge on any atom is 0.221 e. The van der Waals surface area contributed by atoms with Crippen LogP contribution in [-0.4, -0.2) is 18.0 Å². The molecule has 0 fully saturated rings. The monoisotopic (exact) mass is 386 g/mol. The van der Waals surface area contributed by atoms with Gasteiger partial charge in [0.15, 0.2) is 0 Å². The van der Waals surface area contributed by atoms with Crippen molar-refractivity contribution in [3.63, 3.8) is 0 Å². The highest BCUT2D eigenvalue weighted by molar-refractivity contribution is 5.88. The molecular weight excluding hydrogens is 356 g/mol. The number of carbonyl (C=O) groups is 1. The highest BCUT2D eigenvalue weighted by atomic mass is 35.5. The van der Waals surface area contributed by atoms with Gasteiger partial charge in [0.25, 0.3) is 0 Å². The van der Waals surface area contributed by atoms with Gasteiger partial charge in [-0.15, -0.1) is 12.4 Å². The number of hydrogen-bond donors (Lipinski definition) is 2. The van der Waals surface area contributed by atoms with Gasteiger partial charge in [-0.1, -0.05) is 43.3 Å². The average molecular weight is 387 g/mol. The maximum atomic E-state index is 11.3. The van der Waals surface area contributed by atoms with E-state index in [9.17, 15) is 4.79 Å². The zero-order chi connectivity index (χ0) is 18.4. The molecule has 0 saturated heterocycles. The molecular formula is C23H31ClN2O. The summed E-state index contributed by atoms with van der Waals surface area (Å²) in [7, 11) is 0. The van der Waals surface area contributed by atoms with E-state index in [1.54, 1.807) is 6.92 Å². The second-order valence-electron chi connectivity index (χ2n) is 7.40. The van der Waals surface area contributed by atoms with Crippen molar-refractivity contribution in [3.8, 4) is 0 Å². The minimum Gasteiger partial charge on any atom is -0.326 e. The lowest BCUT2D eigenvalue weighted by molar-refractivity contribution is -0.114. The topological polar surface area (TPSA) is 41.1 Å². The average Bonchev–Trinajstić information content (AvgIpc) is 2.65. The molecule has 1 aliphatic carbocycles. The van der Waals surface area contributed by atoms with Crippen LogP contribution < -0.4 is 10.6 Å². The summed E-state index contributed by atoms with van der Waals surface area (Å²) in [6.45, 7) is 3.83. The van der Waals surface area contributed by atoms with Crippen LogP contribution in [0.4, 0.5) is 5.69 Å². The molecule has 0 bridgehead atoms. The molecule has 0 aromatic heterocycles. The molecule has 2 aromatic rings. The molecule has 2 aromatic carbocycles. The van der Waals surface area contributed by atoms with Gasteiger partial charge in [0.05, 0.1) is 0 Å². The highest BCUT2D eigenvalue weighted by Crippen LogP contribution is 2.25. The first-order valence-corrected chi connectivity index (χ1v) is 9.83. The van der Waals surface area contributed by atoms with Crippen molar-refractivity contribution in [2.24, 2.45) is 0 Å². The Morgan fingerprint density at radius 3 is 2.63 bits per heavy atom. The Morgan fingerprint density at radius 2 is 1.93 bits per heavy atom. The lowest BCUT2D eigenvalue weighted by Gasteiger charge is -2.30. The summed E-state index contributed by atoms with van der Waals surface area (Å²) >= 11 is 0. The van der Waals surface area contributed by atoms with E-state index >= 15 is 0 Å². The zero-order valence-corrected chi connectivity index (χ0v) is 17.1. The molecule has 3 nitrogen and oxygen atoms in total. The SMILES string of the molecule is CCC(CCc1ccccc1)NC1CCc2ccc(NC(C)=O)cc2C1.Cl. The number of benzene rings is 2. The van der Waals surface area contributed by atoms with E-state index in [4.69, 9.17) is 0 Å². The number of carbonyl (C=O) groups excluding carboxylic acids is 1. The molecule has 1 amide bonds. The molecule has 4 heteroatoms. The van der Waals surface area contributed by atoms with E-state index in [-0.39, 0.29) is 18.3 Å². The largest absolute Gasteiger partial charge is 0.326 e. The summed E-state index contributed by atoms with van der Waals surface area (Å²) < 4.78 is 0. The number of anilines is 1. The third-order valence-electron chi connectivity index (χ3n) is 5.34. The first-order chi connectivity index (χ1) is 12.6. The normalized spacial score (nSPS) is 16.7. The number of fused-ring (bicyclic) bond motifs is 1. The Kier molecular flexibility index (Phi) is 8.33.